The zero-order valence-electron chi connectivity index (χ0n) is 12.4. The summed E-state index contributed by atoms with van der Waals surface area (Å²) in [4.78, 5) is 2.37. The van der Waals surface area contributed by atoms with Crippen LogP contribution >= 0.6 is 11.8 Å². The summed E-state index contributed by atoms with van der Waals surface area (Å²) in [5.74, 6) is 3.03. The van der Waals surface area contributed by atoms with E-state index in [9.17, 15) is 0 Å². The second-order valence-electron chi connectivity index (χ2n) is 5.65. The second-order valence-corrected chi connectivity index (χ2v) is 7.23. The van der Waals surface area contributed by atoms with E-state index >= 15 is 0 Å². The van der Waals surface area contributed by atoms with Gasteiger partial charge in [-0.1, -0.05) is 20.8 Å². The predicted octanol–water partition coefficient (Wildman–Crippen LogP) is 3.30. The maximum absolute atomic E-state index is 5.68. The Labute approximate surface area is 120 Å². The molecule has 0 unspecified atom stereocenters. The Hall–Kier alpha value is -0.550. The molecule has 0 N–H and O–H groups in total. The molecule has 1 aromatic rings. The third-order valence-corrected chi connectivity index (χ3v) is 4.98. The van der Waals surface area contributed by atoms with Crippen molar-refractivity contribution in [1.82, 2.24) is 15.1 Å². The van der Waals surface area contributed by atoms with Gasteiger partial charge in [0.15, 0.2) is 0 Å². The van der Waals surface area contributed by atoms with E-state index in [1.807, 2.05) is 0 Å². The number of thioether (sulfide) groups is 1. The van der Waals surface area contributed by atoms with Crippen molar-refractivity contribution < 1.29 is 4.42 Å². The van der Waals surface area contributed by atoms with Gasteiger partial charge in [-0.05, 0) is 32.1 Å². The number of hydrogen-bond donors (Lipinski definition) is 0. The van der Waals surface area contributed by atoms with Gasteiger partial charge in [0, 0.05) is 17.2 Å². The van der Waals surface area contributed by atoms with Crippen molar-refractivity contribution in [3.05, 3.63) is 11.8 Å². The van der Waals surface area contributed by atoms with Gasteiger partial charge in [0.2, 0.25) is 11.8 Å². The van der Waals surface area contributed by atoms with E-state index in [2.05, 4.69) is 54.7 Å². The molecule has 0 aliphatic heterocycles. The molecule has 1 aliphatic rings. The van der Waals surface area contributed by atoms with Crippen LogP contribution in [-0.4, -0.2) is 39.2 Å². The molecule has 4 nitrogen and oxygen atoms in total. The van der Waals surface area contributed by atoms with E-state index in [0.717, 1.165) is 23.6 Å². The minimum atomic E-state index is 0.309. The van der Waals surface area contributed by atoms with Gasteiger partial charge in [0.05, 0.1) is 6.54 Å². The van der Waals surface area contributed by atoms with Crippen LogP contribution in [0, 0.1) is 0 Å². The van der Waals surface area contributed by atoms with Gasteiger partial charge in [-0.15, -0.1) is 10.2 Å². The first-order chi connectivity index (χ1) is 9.10. The van der Waals surface area contributed by atoms with Gasteiger partial charge in [-0.25, -0.2) is 0 Å². The fourth-order valence-corrected chi connectivity index (χ4v) is 3.74. The summed E-state index contributed by atoms with van der Waals surface area (Å²) in [5, 5.41) is 9.07. The van der Waals surface area contributed by atoms with Crippen LogP contribution < -0.4 is 0 Å². The first kappa shape index (κ1) is 14.9. The van der Waals surface area contributed by atoms with Gasteiger partial charge < -0.3 is 4.42 Å². The molecule has 1 heterocycles. The molecule has 19 heavy (non-hydrogen) atoms. The maximum atomic E-state index is 5.68. The lowest BCUT2D eigenvalue weighted by Crippen LogP contribution is -2.29. The molecular formula is C14H25N3OS. The van der Waals surface area contributed by atoms with E-state index in [-0.39, 0.29) is 0 Å². The largest absolute Gasteiger partial charge is 0.424 e. The Kier molecular flexibility index (Phi) is 5.28. The van der Waals surface area contributed by atoms with Gasteiger partial charge in [-0.3, -0.25) is 4.90 Å². The molecule has 0 radical (unpaired) electrons. The molecule has 2 rings (SSSR count). The van der Waals surface area contributed by atoms with Crippen LogP contribution in [0.3, 0.4) is 0 Å². The summed E-state index contributed by atoms with van der Waals surface area (Å²) in [7, 11) is 2.17. The average molecular weight is 283 g/mol. The molecule has 1 fully saturated rings. The van der Waals surface area contributed by atoms with Crippen molar-refractivity contribution in [2.24, 2.45) is 0 Å². The molecule has 0 aromatic carbocycles. The van der Waals surface area contributed by atoms with Crippen molar-refractivity contribution in [3.8, 4) is 0 Å². The first-order valence-electron chi connectivity index (χ1n) is 7.24. The summed E-state index contributed by atoms with van der Waals surface area (Å²) >= 11 is 2.10. The highest BCUT2D eigenvalue weighted by Gasteiger charge is 2.28. The third-order valence-electron chi connectivity index (χ3n) is 3.74. The zero-order valence-corrected chi connectivity index (χ0v) is 13.2. The van der Waals surface area contributed by atoms with E-state index < -0.39 is 0 Å². The van der Waals surface area contributed by atoms with E-state index in [1.165, 1.54) is 25.0 Å². The van der Waals surface area contributed by atoms with Crippen molar-refractivity contribution in [3.63, 3.8) is 0 Å². The minimum Gasteiger partial charge on any atom is -0.424 e. The Morgan fingerprint density at radius 3 is 2.79 bits per heavy atom. The average Bonchev–Trinajstić information content (AvgIpc) is 2.98. The van der Waals surface area contributed by atoms with Crippen LogP contribution in [0.2, 0.25) is 0 Å². The molecule has 2 atom stereocenters. The summed E-state index contributed by atoms with van der Waals surface area (Å²) in [5.41, 5.74) is 0. The molecule has 0 amide bonds. The molecule has 1 aliphatic carbocycles. The van der Waals surface area contributed by atoms with Crippen molar-refractivity contribution in [2.75, 3.05) is 12.8 Å². The zero-order chi connectivity index (χ0) is 13.8. The Morgan fingerprint density at radius 2 is 2.16 bits per heavy atom. The summed E-state index contributed by atoms with van der Waals surface area (Å²) < 4.78 is 5.68. The minimum absolute atomic E-state index is 0.309. The quantitative estimate of drug-likeness (QED) is 0.801. The fourth-order valence-electron chi connectivity index (χ4n) is 2.61. The van der Waals surface area contributed by atoms with Gasteiger partial charge in [0.25, 0.3) is 0 Å². The lowest BCUT2D eigenvalue weighted by atomic mass is 10.2. The van der Waals surface area contributed by atoms with E-state index in [0.29, 0.717) is 12.0 Å². The fraction of sp³-hybridized carbons (Fsp3) is 0.857. The molecule has 1 saturated carbocycles. The smallest absolute Gasteiger partial charge is 0.230 e. The Balaban J connectivity index is 1.85. The van der Waals surface area contributed by atoms with E-state index in [4.69, 9.17) is 4.42 Å². The van der Waals surface area contributed by atoms with Crippen molar-refractivity contribution >= 4 is 11.8 Å². The molecule has 0 spiro atoms. The molecule has 0 bridgehead atoms. The third kappa shape index (κ3) is 3.96. The van der Waals surface area contributed by atoms with Crippen LogP contribution in [-0.2, 0) is 6.54 Å². The van der Waals surface area contributed by atoms with Crippen LogP contribution in [0.15, 0.2) is 4.42 Å². The highest BCUT2D eigenvalue weighted by molar-refractivity contribution is 7.99. The lowest BCUT2D eigenvalue weighted by molar-refractivity contribution is 0.213. The van der Waals surface area contributed by atoms with Crippen LogP contribution in [0.25, 0.3) is 0 Å². The normalized spacial score (nSPS) is 23.7. The number of hydrogen-bond acceptors (Lipinski definition) is 5. The molecule has 108 valence electrons. The second kappa shape index (κ2) is 6.75. The van der Waals surface area contributed by atoms with Crippen LogP contribution in [0.1, 0.15) is 57.7 Å². The number of rotatable bonds is 6. The van der Waals surface area contributed by atoms with Crippen LogP contribution in [0.4, 0.5) is 0 Å². The molecule has 5 heteroatoms. The predicted molar refractivity (Wildman–Crippen MR) is 79.4 cm³/mol. The van der Waals surface area contributed by atoms with Crippen LogP contribution in [0.5, 0.6) is 0 Å². The van der Waals surface area contributed by atoms with Crippen molar-refractivity contribution in [2.45, 2.75) is 63.8 Å². The van der Waals surface area contributed by atoms with E-state index in [1.54, 1.807) is 0 Å². The van der Waals surface area contributed by atoms with Gasteiger partial charge >= 0.3 is 0 Å². The van der Waals surface area contributed by atoms with Gasteiger partial charge in [-0.2, -0.15) is 11.8 Å². The summed E-state index contributed by atoms with van der Waals surface area (Å²) in [6, 6.07) is 0.665. The van der Waals surface area contributed by atoms with Gasteiger partial charge in [0.1, 0.15) is 0 Å². The maximum Gasteiger partial charge on any atom is 0.230 e. The first-order valence-corrected chi connectivity index (χ1v) is 8.29. The standard InChI is InChI=1S/C14H25N3OS/c1-5-19-12-7-6-11(8-12)17(4)9-13-15-16-14(18-13)10(2)3/h10-12H,5-9H2,1-4H3/t11-,12+/m0/s1. The molecule has 0 saturated heterocycles. The Morgan fingerprint density at radius 1 is 1.37 bits per heavy atom. The SMILES string of the molecule is CCS[C@@H]1CC[C@H](N(C)Cc2nnc(C(C)C)o2)C1. The Bertz CT molecular complexity index is 394. The lowest BCUT2D eigenvalue weighted by Gasteiger charge is -2.22. The van der Waals surface area contributed by atoms with Crippen molar-refractivity contribution in [1.29, 1.82) is 0 Å². The number of aromatic nitrogens is 2. The monoisotopic (exact) mass is 283 g/mol. The highest BCUT2D eigenvalue weighted by Crippen LogP contribution is 2.32. The molecule has 1 aromatic heterocycles. The number of nitrogens with zero attached hydrogens (tertiary/aromatic N) is 3. The molecular weight excluding hydrogens is 258 g/mol. The summed E-state index contributed by atoms with van der Waals surface area (Å²) in [6.07, 6.45) is 3.92. The summed E-state index contributed by atoms with van der Waals surface area (Å²) in [6.45, 7) is 7.16. The highest BCUT2D eigenvalue weighted by atomic mass is 32.2. The topological polar surface area (TPSA) is 42.2 Å².